The van der Waals surface area contributed by atoms with Gasteiger partial charge in [0.2, 0.25) is 0 Å². The lowest BCUT2D eigenvalue weighted by molar-refractivity contribution is -0.156. The van der Waals surface area contributed by atoms with E-state index in [0.29, 0.717) is 0 Å². The van der Waals surface area contributed by atoms with Crippen molar-refractivity contribution in [1.29, 1.82) is 0 Å². The predicted octanol–water partition coefficient (Wildman–Crippen LogP) is 1.94. The van der Waals surface area contributed by atoms with Crippen LogP contribution in [0.3, 0.4) is 0 Å². The van der Waals surface area contributed by atoms with E-state index >= 15 is 0 Å². The monoisotopic (exact) mass is 250 g/mol. The van der Waals surface area contributed by atoms with Gasteiger partial charge in [0.25, 0.3) is 0 Å². The molecule has 4 heteroatoms. The van der Waals surface area contributed by atoms with Crippen LogP contribution >= 0.6 is 0 Å². The third-order valence-electron chi connectivity index (χ3n) is 2.35. The van der Waals surface area contributed by atoms with Crippen LogP contribution in [0.25, 0.3) is 0 Å². The number of aromatic nitrogens is 1. The first kappa shape index (κ1) is 14.6. The maximum atomic E-state index is 11.7. The van der Waals surface area contributed by atoms with Crippen LogP contribution in [0.1, 0.15) is 33.3 Å². The van der Waals surface area contributed by atoms with Gasteiger partial charge in [-0.1, -0.05) is 6.07 Å². The predicted molar refractivity (Wildman–Crippen MR) is 71.3 cm³/mol. The summed E-state index contributed by atoms with van der Waals surface area (Å²) in [6.07, 6.45) is 4.43. The zero-order valence-electron chi connectivity index (χ0n) is 11.6. The second kappa shape index (κ2) is 6.50. The number of nitrogens with zero attached hydrogens (tertiary/aromatic N) is 1. The summed E-state index contributed by atoms with van der Waals surface area (Å²) in [6, 6.07) is 3.64. The molecular weight excluding hydrogens is 228 g/mol. The number of ether oxygens (including phenoxy) is 1. The molecule has 0 radical (unpaired) electrons. The largest absolute Gasteiger partial charge is 0.459 e. The quantitative estimate of drug-likeness (QED) is 0.811. The van der Waals surface area contributed by atoms with Crippen LogP contribution in [0.5, 0.6) is 0 Å². The number of hydrogen-bond acceptors (Lipinski definition) is 4. The summed E-state index contributed by atoms with van der Waals surface area (Å²) >= 11 is 0. The lowest BCUT2D eigenvalue weighted by Crippen LogP contribution is -2.40. The smallest absolute Gasteiger partial charge is 0.323 e. The molecule has 1 atom stereocenters. The number of nitrogens with one attached hydrogen (secondary N) is 1. The van der Waals surface area contributed by atoms with Gasteiger partial charge < -0.3 is 10.1 Å². The van der Waals surface area contributed by atoms with Crippen molar-refractivity contribution >= 4 is 5.97 Å². The molecule has 1 aromatic heterocycles. The van der Waals surface area contributed by atoms with Crippen LogP contribution in [-0.4, -0.2) is 29.1 Å². The molecule has 0 aliphatic rings. The van der Waals surface area contributed by atoms with Crippen molar-refractivity contribution in [3.05, 3.63) is 30.1 Å². The van der Waals surface area contributed by atoms with Crippen molar-refractivity contribution in [1.82, 2.24) is 10.3 Å². The number of rotatable bonds is 5. The Bertz CT molecular complexity index is 371. The highest BCUT2D eigenvalue weighted by atomic mass is 16.6. The van der Waals surface area contributed by atoms with Gasteiger partial charge in [0.05, 0.1) is 0 Å². The molecule has 0 aliphatic heterocycles. The van der Waals surface area contributed by atoms with Gasteiger partial charge in [-0.15, -0.1) is 0 Å². The van der Waals surface area contributed by atoms with E-state index in [1.807, 2.05) is 46.0 Å². The van der Waals surface area contributed by atoms with Crippen molar-refractivity contribution in [2.45, 2.75) is 45.8 Å². The number of pyridine rings is 1. The van der Waals surface area contributed by atoms with Gasteiger partial charge in [-0.3, -0.25) is 9.78 Å². The van der Waals surface area contributed by atoms with E-state index in [1.54, 1.807) is 6.20 Å². The molecule has 1 unspecified atom stereocenters. The van der Waals surface area contributed by atoms with Crippen LogP contribution in [-0.2, 0) is 16.0 Å². The van der Waals surface area contributed by atoms with E-state index in [1.165, 1.54) is 0 Å². The van der Waals surface area contributed by atoms with Gasteiger partial charge in [0.1, 0.15) is 11.6 Å². The molecule has 0 aromatic carbocycles. The van der Waals surface area contributed by atoms with Gasteiger partial charge >= 0.3 is 5.97 Å². The van der Waals surface area contributed by atoms with Crippen LogP contribution in [0.2, 0.25) is 0 Å². The van der Waals surface area contributed by atoms with Crippen LogP contribution < -0.4 is 5.32 Å². The van der Waals surface area contributed by atoms with Crippen molar-refractivity contribution in [2.24, 2.45) is 0 Å². The highest BCUT2D eigenvalue weighted by molar-refractivity contribution is 5.75. The third-order valence-corrected chi connectivity index (χ3v) is 2.35. The molecule has 18 heavy (non-hydrogen) atoms. The summed E-state index contributed by atoms with van der Waals surface area (Å²) in [5, 5.41) is 3.15. The highest BCUT2D eigenvalue weighted by Crippen LogP contribution is 2.08. The van der Waals surface area contributed by atoms with E-state index in [0.717, 1.165) is 18.5 Å². The first-order chi connectivity index (χ1) is 8.38. The summed E-state index contributed by atoms with van der Waals surface area (Å²) in [5.74, 6) is -0.214. The number of esters is 1. The Morgan fingerprint density at radius 2 is 2.22 bits per heavy atom. The van der Waals surface area contributed by atoms with E-state index in [2.05, 4.69) is 10.3 Å². The van der Waals surface area contributed by atoms with Crippen LogP contribution in [0.15, 0.2) is 24.5 Å². The topological polar surface area (TPSA) is 51.2 Å². The maximum Gasteiger partial charge on any atom is 0.323 e. The molecule has 1 N–H and O–H groups in total. The minimum absolute atomic E-state index is 0.214. The van der Waals surface area contributed by atoms with Gasteiger partial charge in [0.15, 0.2) is 0 Å². The average Bonchev–Trinajstić information content (AvgIpc) is 2.28. The Hall–Kier alpha value is -1.42. The molecule has 0 bridgehead atoms. The third kappa shape index (κ3) is 5.77. The molecule has 4 nitrogen and oxygen atoms in total. The lowest BCUT2D eigenvalue weighted by Gasteiger charge is -2.22. The number of carbonyl (C=O) groups is 1. The first-order valence-electron chi connectivity index (χ1n) is 6.23. The number of hydrogen-bond donors (Lipinski definition) is 1. The Balaban J connectivity index is 2.29. The van der Waals surface area contributed by atoms with E-state index in [-0.39, 0.29) is 12.0 Å². The molecule has 0 saturated heterocycles. The van der Waals surface area contributed by atoms with Crippen molar-refractivity contribution in [3.63, 3.8) is 0 Å². The van der Waals surface area contributed by atoms with Crippen molar-refractivity contribution in [3.8, 4) is 0 Å². The Labute approximate surface area is 109 Å². The Morgan fingerprint density at radius 1 is 1.50 bits per heavy atom. The molecular formula is C14H22N2O2. The van der Waals surface area contributed by atoms with E-state index in [4.69, 9.17) is 4.74 Å². The second-order valence-corrected chi connectivity index (χ2v) is 5.32. The van der Waals surface area contributed by atoms with Gasteiger partial charge in [-0.25, -0.2) is 0 Å². The molecule has 0 spiro atoms. The Kier molecular flexibility index (Phi) is 5.28. The molecule has 1 aromatic rings. The fourth-order valence-electron chi connectivity index (χ4n) is 1.45. The van der Waals surface area contributed by atoms with Crippen LogP contribution in [0.4, 0.5) is 0 Å². The summed E-state index contributed by atoms with van der Waals surface area (Å²) < 4.78 is 5.29. The molecule has 100 valence electrons. The minimum atomic E-state index is -0.434. The van der Waals surface area contributed by atoms with Crippen LogP contribution in [0, 0.1) is 0 Å². The fourth-order valence-corrected chi connectivity index (χ4v) is 1.45. The van der Waals surface area contributed by atoms with Gasteiger partial charge in [-0.05, 0) is 45.7 Å². The van der Waals surface area contributed by atoms with Crippen molar-refractivity contribution < 1.29 is 9.53 Å². The highest BCUT2D eigenvalue weighted by Gasteiger charge is 2.20. The average molecular weight is 250 g/mol. The molecule has 0 saturated carbocycles. The maximum absolute atomic E-state index is 11.7. The summed E-state index contributed by atoms with van der Waals surface area (Å²) in [4.78, 5) is 15.8. The molecule has 0 amide bonds. The Morgan fingerprint density at radius 3 is 2.78 bits per heavy atom. The van der Waals surface area contributed by atoms with Gasteiger partial charge in [-0.2, -0.15) is 0 Å². The van der Waals surface area contributed by atoms with Crippen molar-refractivity contribution in [2.75, 3.05) is 6.54 Å². The van der Waals surface area contributed by atoms with Gasteiger partial charge in [0, 0.05) is 18.9 Å². The SMILES string of the molecule is CC(NCCc1cccnc1)C(=O)OC(C)(C)C. The molecule has 0 fully saturated rings. The summed E-state index contributed by atoms with van der Waals surface area (Å²) in [5.41, 5.74) is 0.720. The summed E-state index contributed by atoms with van der Waals surface area (Å²) in [7, 11) is 0. The normalized spacial score (nSPS) is 13.1. The van der Waals surface area contributed by atoms with E-state index < -0.39 is 5.60 Å². The first-order valence-corrected chi connectivity index (χ1v) is 6.23. The van der Waals surface area contributed by atoms with E-state index in [9.17, 15) is 4.79 Å². The molecule has 1 rings (SSSR count). The second-order valence-electron chi connectivity index (χ2n) is 5.32. The fraction of sp³-hybridized carbons (Fsp3) is 0.571. The molecule has 1 heterocycles. The molecule has 0 aliphatic carbocycles. The zero-order chi connectivity index (χ0) is 13.6. The standard InChI is InChI=1S/C14H22N2O2/c1-11(13(17)18-14(2,3)4)16-9-7-12-6-5-8-15-10-12/h5-6,8,10-11,16H,7,9H2,1-4H3. The summed E-state index contributed by atoms with van der Waals surface area (Å²) in [6.45, 7) is 8.15. The number of carbonyl (C=O) groups excluding carboxylic acids is 1. The zero-order valence-corrected chi connectivity index (χ0v) is 11.6. The lowest BCUT2D eigenvalue weighted by atomic mass is 10.2. The minimum Gasteiger partial charge on any atom is -0.459 e.